The van der Waals surface area contributed by atoms with Gasteiger partial charge in [-0.15, -0.1) is 0 Å². The van der Waals surface area contributed by atoms with Crippen LogP contribution in [-0.2, 0) is 4.79 Å². The van der Waals surface area contributed by atoms with Crippen LogP contribution in [0.2, 0.25) is 0 Å². The molecule has 0 aliphatic carbocycles. The summed E-state index contributed by atoms with van der Waals surface area (Å²) in [5.41, 5.74) is 5.44. The number of primary amides is 1. The van der Waals surface area contributed by atoms with Crippen LogP contribution in [0, 0.1) is 5.92 Å². The molecule has 0 radical (unpaired) electrons. The monoisotopic (exact) mass is 359 g/mol. The highest BCUT2D eigenvalue weighted by molar-refractivity contribution is 5.91. The van der Waals surface area contributed by atoms with Gasteiger partial charge in [0.2, 0.25) is 5.91 Å². The Morgan fingerprint density at radius 3 is 2.64 bits per heavy atom. The lowest BCUT2D eigenvalue weighted by Gasteiger charge is -2.36. The van der Waals surface area contributed by atoms with Crippen molar-refractivity contribution < 1.29 is 27.5 Å². The van der Waals surface area contributed by atoms with Crippen LogP contribution < -0.4 is 15.8 Å². The molecular weight excluding hydrogens is 339 g/mol. The lowest BCUT2D eigenvalue weighted by atomic mass is 9.93. The fourth-order valence-electron chi connectivity index (χ4n) is 2.66. The van der Waals surface area contributed by atoms with Crippen molar-refractivity contribution >= 4 is 17.6 Å². The first-order chi connectivity index (χ1) is 11.7. The lowest BCUT2D eigenvalue weighted by molar-refractivity contribution is -0.153. The molecule has 2 atom stereocenters. The van der Waals surface area contributed by atoms with Gasteiger partial charge in [0.25, 0.3) is 0 Å². The van der Waals surface area contributed by atoms with Gasteiger partial charge in [-0.2, -0.15) is 13.2 Å². The van der Waals surface area contributed by atoms with Crippen LogP contribution in [0.5, 0.6) is 5.75 Å². The third kappa shape index (κ3) is 5.27. The smallest absolute Gasteiger partial charge is 0.422 e. The number of nitrogens with one attached hydrogen (secondary N) is 1. The zero-order valence-electron chi connectivity index (χ0n) is 13.7. The number of piperidine rings is 1. The molecule has 1 aromatic carbocycles. The van der Waals surface area contributed by atoms with Crippen molar-refractivity contribution in [1.29, 1.82) is 0 Å². The number of halogens is 3. The third-order valence-corrected chi connectivity index (χ3v) is 4.07. The van der Waals surface area contributed by atoms with E-state index >= 15 is 0 Å². The van der Waals surface area contributed by atoms with E-state index in [-0.39, 0.29) is 24.0 Å². The number of anilines is 1. The predicted molar refractivity (Wildman–Crippen MR) is 85.1 cm³/mol. The molecule has 1 heterocycles. The zero-order chi connectivity index (χ0) is 18.6. The maximum atomic E-state index is 12.5. The van der Waals surface area contributed by atoms with Crippen LogP contribution in [0.1, 0.15) is 19.8 Å². The number of alkyl halides is 3. The number of benzene rings is 1. The molecule has 3 amide bonds. The highest BCUT2D eigenvalue weighted by atomic mass is 19.4. The van der Waals surface area contributed by atoms with Crippen LogP contribution in [0.3, 0.4) is 0 Å². The number of amides is 3. The number of rotatable bonds is 4. The van der Waals surface area contributed by atoms with Crippen molar-refractivity contribution in [3.63, 3.8) is 0 Å². The number of likely N-dealkylation sites (tertiary alicyclic amines) is 1. The van der Waals surface area contributed by atoms with Gasteiger partial charge >= 0.3 is 12.2 Å². The van der Waals surface area contributed by atoms with Gasteiger partial charge < -0.3 is 20.7 Å². The number of ether oxygens (including phenoxy) is 1. The Morgan fingerprint density at radius 2 is 2.00 bits per heavy atom. The van der Waals surface area contributed by atoms with Crippen molar-refractivity contribution in [2.75, 3.05) is 18.5 Å². The van der Waals surface area contributed by atoms with E-state index in [4.69, 9.17) is 10.5 Å². The van der Waals surface area contributed by atoms with Gasteiger partial charge in [-0.3, -0.25) is 4.79 Å². The SMILES string of the molecule is CC1CCC(C(N)=O)CN1C(=O)Nc1ccccc1OCC(F)(F)F. The minimum atomic E-state index is -4.48. The number of urea groups is 1. The fraction of sp³-hybridized carbons (Fsp3) is 0.500. The van der Waals surface area contributed by atoms with Crippen molar-refractivity contribution in [2.45, 2.75) is 32.0 Å². The van der Waals surface area contributed by atoms with E-state index in [1.54, 1.807) is 6.07 Å². The fourth-order valence-corrected chi connectivity index (χ4v) is 2.66. The van der Waals surface area contributed by atoms with Gasteiger partial charge in [0.1, 0.15) is 5.75 Å². The van der Waals surface area contributed by atoms with E-state index in [0.717, 1.165) is 0 Å². The topological polar surface area (TPSA) is 84.7 Å². The predicted octanol–water partition coefficient (Wildman–Crippen LogP) is 2.75. The molecular formula is C16H20F3N3O3. The standard InChI is InChI=1S/C16H20F3N3O3/c1-10-6-7-11(14(20)23)8-22(10)15(24)21-12-4-2-3-5-13(12)25-9-16(17,18)19/h2-5,10-11H,6-9H2,1H3,(H2,20,23)(H,21,24). The number of carbonyl (C=O) groups is 2. The Bertz CT molecular complexity index is 637. The average molecular weight is 359 g/mol. The van der Waals surface area contributed by atoms with Crippen molar-refractivity contribution in [3.05, 3.63) is 24.3 Å². The summed E-state index contributed by atoms with van der Waals surface area (Å²) in [6, 6.07) is 5.24. The second-order valence-electron chi connectivity index (χ2n) is 6.01. The molecule has 1 aromatic rings. The molecule has 2 rings (SSSR count). The second-order valence-corrected chi connectivity index (χ2v) is 6.01. The molecule has 1 fully saturated rings. The number of nitrogens with zero attached hydrogens (tertiary/aromatic N) is 1. The first-order valence-electron chi connectivity index (χ1n) is 7.83. The van der Waals surface area contributed by atoms with E-state index in [2.05, 4.69) is 5.32 Å². The zero-order valence-corrected chi connectivity index (χ0v) is 13.7. The van der Waals surface area contributed by atoms with E-state index < -0.39 is 30.6 Å². The van der Waals surface area contributed by atoms with Crippen molar-refractivity contribution in [2.24, 2.45) is 11.7 Å². The number of hydrogen-bond acceptors (Lipinski definition) is 3. The maximum Gasteiger partial charge on any atom is 0.422 e. The van der Waals surface area contributed by atoms with E-state index in [0.29, 0.717) is 12.8 Å². The summed E-state index contributed by atoms with van der Waals surface area (Å²) in [6.45, 7) is 0.556. The number of hydrogen-bond donors (Lipinski definition) is 2. The highest BCUT2D eigenvalue weighted by Gasteiger charge is 2.32. The molecule has 138 valence electrons. The second kappa shape index (κ2) is 7.62. The molecule has 1 aliphatic heterocycles. The van der Waals surface area contributed by atoms with Gasteiger partial charge in [-0.05, 0) is 31.9 Å². The van der Waals surface area contributed by atoms with Crippen LogP contribution in [-0.4, -0.2) is 42.2 Å². The normalized spacial score (nSPS) is 20.9. The molecule has 1 saturated heterocycles. The summed E-state index contributed by atoms with van der Waals surface area (Å²) >= 11 is 0. The van der Waals surface area contributed by atoms with Crippen molar-refractivity contribution in [1.82, 2.24) is 4.90 Å². The summed E-state index contributed by atoms with van der Waals surface area (Å²) in [5.74, 6) is -0.985. The van der Waals surface area contributed by atoms with Crippen LogP contribution in [0.4, 0.5) is 23.7 Å². The molecule has 6 nitrogen and oxygen atoms in total. The molecule has 25 heavy (non-hydrogen) atoms. The highest BCUT2D eigenvalue weighted by Crippen LogP contribution is 2.28. The Morgan fingerprint density at radius 1 is 1.32 bits per heavy atom. The minimum Gasteiger partial charge on any atom is -0.482 e. The van der Waals surface area contributed by atoms with Crippen molar-refractivity contribution in [3.8, 4) is 5.75 Å². The Balaban J connectivity index is 2.08. The summed E-state index contributed by atoms with van der Waals surface area (Å²) in [6.07, 6.45) is -3.26. The number of nitrogens with two attached hydrogens (primary N) is 1. The first kappa shape index (κ1) is 18.9. The van der Waals surface area contributed by atoms with E-state index in [1.807, 2.05) is 6.92 Å². The van der Waals surface area contributed by atoms with Gasteiger partial charge in [0.15, 0.2) is 6.61 Å². The third-order valence-electron chi connectivity index (χ3n) is 4.07. The molecule has 1 aliphatic rings. The summed E-state index contributed by atoms with van der Waals surface area (Å²) in [4.78, 5) is 25.3. The Kier molecular flexibility index (Phi) is 5.76. The Labute approximate surface area is 143 Å². The number of para-hydroxylation sites is 2. The van der Waals surface area contributed by atoms with E-state index in [9.17, 15) is 22.8 Å². The van der Waals surface area contributed by atoms with Crippen LogP contribution in [0.25, 0.3) is 0 Å². The van der Waals surface area contributed by atoms with Crippen LogP contribution >= 0.6 is 0 Å². The molecule has 2 unspecified atom stereocenters. The molecule has 0 bridgehead atoms. The summed E-state index contributed by atoms with van der Waals surface area (Å²) in [7, 11) is 0. The largest absolute Gasteiger partial charge is 0.482 e. The first-order valence-corrected chi connectivity index (χ1v) is 7.83. The molecule has 0 aromatic heterocycles. The summed E-state index contributed by atoms with van der Waals surface area (Å²) < 4.78 is 41.7. The van der Waals surface area contributed by atoms with Gasteiger partial charge in [-0.1, -0.05) is 12.1 Å². The van der Waals surface area contributed by atoms with E-state index in [1.165, 1.54) is 23.1 Å². The van der Waals surface area contributed by atoms with Gasteiger partial charge in [0, 0.05) is 12.6 Å². The average Bonchev–Trinajstić information content (AvgIpc) is 2.53. The minimum absolute atomic E-state index is 0.0794. The lowest BCUT2D eigenvalue weighted by Crippen LogP contribution is -2.50. The molecule has 0 saturated carbocycles. The summed E-state index contributed by atoms with van der Waals surface area (Å²) in [5, 5.41) is 2.55. The molecule has 3 N–H and O–H groups in total. The Hall–Kier alpha value is -2.45. The van der Waals surface area contributed by atoms with Gasteiger partial charge in [-0.25, -0.2) is 4.79 Å². The quantitative estimate of drug-likeness (QED) is 0.867. The maximum absolute atomic E-state index is 12.5. The van der Waals surface area contributed by atoms with Crippen LogP contribution in [0.15, 0.2) is 24.3 Å². The number of carbonyl (C=O) groups excluding carboxylic acids is 2. The van der Waals surface area contributed by atoms with Gasteiger partial charge in [0.05, 0.1) is 11.6 Å². The molecule has 0 spiro atoms. The molecule has 9 heteroatoms.